The van der Waals surface area contributed by atoms with Crippen LogP contribution in [0.5, 0.6) is 0 Å². The smallest absolute Gasteiger partial charge is 0.253 e. The lowest BCUT2D eigenvalue weighted by Crippen LogP contribution is -2.42. The van der Waals surface area contributed by atoms with Crippen LogP contribution in [0.15, 0.2) is 66.7 Å². The van der Waals surface area contributed by atoms with Crippen LogP contribution in [0.2, 0.25) is 0 Å². The fourth-order valence-corrected chi connectivity index (χ4v) is 4.85. The van der Waals surface area contributed by atoms with Gasteiger partial charge in [-0.2, -0.15) is 0 Å². The number of anilines is 1. The van der Waals surface area contributed by atoms with Crippen LogP contribution >= 0.6 is 0 Å². The first-order chi connectivity index (χ1) is 15.7. The molecule has 0 bridgehead atoms. The Labute approximate surface area is 188 Å². The average molecular weight is 429 g/mol. The summed E-state index contributed by atoms with van der Waals surface area (Å²) in [6.45, 7) is 4.39. The van der Waals surface area contributed by atoms with E-state index in [1.54, 1.807) is 0 Å². The number of carbonyl (C=O) groups is 2. The van der Waals surface area contributed by atoms with E-state index in [0.717, 1.165) is 61.2 Å². The molecule has 2 heterocycles. The zero-order chi connectivity index (χ0) is 21.9. The van der Waals surface area contributed by atoms with Crippen molar-refractivity contribution in [2.24, 2.45) is 5.92 Å². The van der Waals surface area contributed by atoms with Gasteiger partial charge >= 0.3 is 0 Å². The maximum Gasteiger partial charge on any atom is 0.253 e. The average Bonchev–Trinajstić information content (AvgIpc) is 2.88. The van der Waals surface area contributed by atoms with Crippen LogP contribution < -0.4 is 4.90 Å². The molecule has 3 aromatic carbocycles. The lowest BCUT2D eigenvalue weighted by Gasteiger charge is -2.32. The molecule has 0 N–H and O–H groups in total. The Hall–Kier alpha value is -3.18. The van der Waals surface area contributed by atoms with Crippen molar-refractivity contribution in [2.45, 2.75) is 12.8 Å². The van der Waals surface area contributed by atoms with E-state index in [-0.39, 0.29) is 17.6 Å². The van der Waals surface area contributed by atoms with Gasteiger partial charge in [0.25, 0.3) is 5.91 Å². The summed E-state index contributed by atoms with van der Waals surface area (Å²) in [6.07, 6.45) is 1.67. The normalized spacial score (nSPS) is 19.2. The molecule has 2 saturated heterocycles. The van der Waals surface area contributed by atoms with E-state index in [1.165, 1.54) is 0 Å². The number of piperidine rings is 1. The Balaban J connectivity index is 1.30. The van der Waals surface area contributed by atoms with E-state index in [4.69, 9.17) is 4.74 Å². The second-order valence-electron chi connectivity index (χ2n) is 8.63. The van der Waals surface area contributed by atoms with E-state index in [2.05, 4.69) is 4.90 Å². The van der Waals surface area contributed by atoms with E-state index in [0.29, 0.717) is 18.7 Å². The fraction of sp³-hybridized carbons (Fsp3) is 0.333. The highest BCUT2D eigenvalue weighted by Crippen LogP contribution is 2.27. The van der Waals surface area contributed by atoms with Gasteiger partial charge in [0.05, 0.1) is 13.2 Å². The van der Waals surface area contributed by atoms with Crippen LogP contribution in [0, 0.1) is 5.92 Å². The van der Waals surface area contributed by atoms with Gasteiger partial charge in [-0.15, -0.1) is 0 Å². The lowest BCUT2D eigenvalue weighted by atomic mass is 9.87. The summed E-state index contributed by atoms with van der Waals surface area (Å²) >= 11 is 0. The molecule has 32 heavy (non-hydrogen) atoms. The van der Waals surface area contributed by atoms with Crippen molar-refractivity contribution in [1.82, 2.24) is 4.90 Å². The van der Waals surface area contributed by atoms with Gasteiger partial charge < -0.3 is 14.5 Å². The number of ketones is 1. The largest absolute Gasteiger partial charge is 0.378 e. The van der Waals surface area contributed by atoms with Gasteiger partial charge in [0.1, 0.15) is 0 Å². The number of amides is 1. The number of Topliss-reactive ketones (excluding diaryl/α,β-unsaturated/α-hetero) is 1. The third-order valence-electron chi connectivity index (χ3n) is 6.62. The zero-order valence-corrected chi connectivity index (χ0v) is 18.2. The number of benzene rings is 3. The summed E-state index contributed by atoms with van der Waals surface area (Å²) in [6, 6.07) is 21.7. The summed E-state index contributed by atoms with van der Waals surface area (Å²) in [5.74, 6) is -0.0120. The minimum Gasteiger partial charge on any atom is -0.378 e. The van der Waals surface area contributed by atoms with Crippen molar-refractivity contribution in [3.8, 4) is 0 Å². The third-order valence-corrected chi connectivity index (χ3v) is 6.62. The highest BCUT2D eigenvalue weighted by Gasteiger charge is 2.30. The van der Waals surface area contributed by atoms with Crippen LogP contribution in [0.25, 0.3) is 10.8 Å². The topological polar surface area (TPSA) is 49.9 Å². The Morgan fingerprint density at radius 3 is 2.41 bits per heavy atom. The molecule has 1 atom stereocenters. The number of fused-ring (bicyclic) bond motifs is 1. The van der Waals surface area contributed by atoms with Crippen LogP contribution in [-0.2, 0) is 4.74 Å². The van der Waals surface area contributed by atoms with Gasteiger partial charge in [-0.25, -0.2) is 0 Å². The first kappa shape index (κ1) is 20.7. The van der Waals surface area contributed by atoms with Crippen LogP contribution in [-0.4, -0.2) is 56.0 Å². The molecule has 0 aromatic heterocycles. The predicted octanol–water partition coefficient (Wildman–Crippen LogP) is 4.41. The molecule has 164 valence electrons. The predicted molar refractivity (Wildman–Crippen MR) is 126 cm³/mol. The molecule has 0 aliphatic carbocycles. The van der Waals surface area contributed by atoms with Gasteiger partial charge in [-0.3, -0.25) is 9.59 Å². The van der Waals surface area contributed by atoms with Gasteiger partial charge in [0.15, 0.2) is 5.78 Å². The van der Waals surface area contributed by atoms with Crippen molar-refractivity contribution >= 4 is 28.2 Å². The SMILES string of the molecule is O=C(c1cccc2ccccc12)[C@@H]1CCCN(C(=O)c2ccc(N3CCOCC3)cc2)C1. The van der Waals surface area contributed by atoms with Crippen LogP contribution in [0.4, 0.5) is 5.69 Å². The third kappa shape index (κ3) is 4.13. The molecular weight excluding hydrogens is 400 g/mol. The van der Waals surface area contributed by atoms with E-state index < -0.39 is 0 Å². The molecule has 3 aromatic rings. The first-order valence-electron chi connectivity index (χ1n) is 11.4. The number of morpholine rings is 1. The second kappa shape index (κ2) is 9.13. The fourth-order valence-electron chi connectivity index (χ4n) is 4.85. The van der Waals surface area contributed by atoms with Gasteiger partial charge in [0.2, 0.25) is 0 Å². The monoisotopic (exact) mass is 428 g/mol. The van der Waals surface area contributed by atoms with Crippen LogP contribution in [0.3, 0.4) is 0 Å². The highest BCUT2D eigenvalue weighted by atomic mass is 16.5. The molecule has 0 unspecified atom stereocenters. The Bertz CT molecular complexity index is 1110. The molecule has 0 spiro atoms. The number of rotatable bonds is 4. The lowest BCUT2D eigenvalue weighted by molar-refractivity contribution is 0.0637. The molecule has 2 fully saturated rings. The minimum absolute atomic E-state index is 0.00828. The number of nitrogens with zero attached hydrogens (tertiary/aromatic N) is 2. The standard InChI is InChI=1S/C27H28N2O3/c30-26(25-9-3-6-20-5-1-2-8-24(20)25)22-7-4-14-29(19-22)27(31)21-10-12-23(13-11-21)28-15-17-32-18-16-28/h1-3,5-6,8-13,22H,4,7,14-19H2/t22-/m1/s1. The highest BCUT2D eigenvalue weighted by molar-refractivity contribution is 6.09. The number of likely N-dealkylation sites (tertiary alicyclic amines) is 1. The van der Waals surface area contributed by atoms with Gasteiger partial charge in [-0.1, -0.05) is 42.5 Å². The maximum absolute atomic E-state index is 13.4. The number of ether oxygens (including phenoxy) is 1. The molecule has 5 nitrogen and oxygen atoms in total. The van der Waals surface area contributed by atoms with E-state index in [1.807, 2.05) is 71.6 Å². The Morgan fingerprint density at radius 1 is 0.844 bits per heavy atom. The number of hydrogen-bond donors (Lipinski definition) is 0. The molecule has 0 radical (unpaired) electrons. The van der Waals surface area contributed by atoms with Crippen LogP contribution in [0.1, 0.15) is 33.6 Å². The quantitative estimate of drug-likeness (QED) is 0.578. The summed E-state index contributed by atoms with van der Waals surface area (Å²) in [5, 5.41) is 2.06. The summed E-state index contributed by atoms with van der Waals surface area (Å²) in [4.78, 5) is 30.7. The molecular formula is C27H28N2O3. The van der Waals surface area contributed by atoms with Crippen molar-refractivity contribution in [3.05, 3.63) is 77.9 Å². The van der Waals surface area contributed by atoms with Crippen molar-refractivity contribution in [3.63, 3.8) is 0 Å². The maximum atomic E-state index is 13.4. The van der Waals surface area contributed by atoms with Crippen molar-refractivity contribution < 1.29 is 14.3 Å². The summed E-state index contributed by atoms with van der Waals surface area (Å²) in [7, 11) is 0. The Morgan fingerprint density at radius 2 is 1.59 bits per heavy atom. The molecule has 2 aliphatic heterocycles. The van der Waals surface area contributed by atoms with E-state index >= 15 is 0 Å². The second-order valence-corrected chi connectivity index (χ2v) is 8.63. The summed E-state index contributed by atoms with van der Waals surface area (Å²) in [5.41, 5.74) is 2.56. The summed E-state index contributed by atoms with van der Waals surface area (Å²) < 4.78 is 5.42. The Kier molecular flexibility index (Phi) is 5.91. The molecule has 1 amide bonds. The minimum atomic E-state index is -0.161. The van der Waals surface area contributed by atoms with Gasteiger partial charge in [0, 0.05) is 48.9 Å². The van der Waals surface area contributed by atoms with Gasteiger partial charge in [-0.05, 0) is 47.9 Å². The van der Waals surface area contributed by atoms with E-state index in [9.17, 15) is 9.59 Å². The zero-order valence-electron chi connectivity index (χ0n) is 18.2. The first-order valence-corrected chi connectivity index (χ1v) is 11.4. The number of carbonyl (C=O) groups excluding carboxylic acids is 2. The van der Waals surface area contributed by atoms with Crippen molar-refractivity contribution in [1.29, 1.82) is 0 Å². The molecule has 2 aliphatic rings. The molecule has 5 heteroatoms. The molecule has 0 saturated carbocycles. The molecule has 5 rings (SSSR count). The number of hydrogen-bond acceptors (Lipinski definition) is 4. The van der Waals surface area contributed by atoms with Crippen molar-refractivity contribution in [2.75, 3.05) is 44.3 Å².